The predicted octanol–water partition coefficient (Wildman–Crippen LogP) is 2.04. The maximum atomic E-state index is 12.3. The van der Waals surface area contributed by atoms with Gasteiger partial charge in [-0.2, -0.15) is 0 Å². The lowest BCUT2D eigenvalue weighted by molar-refractivity contribution is -0.146. The molecule has 19 heavy (non-hydrogen) atoms. The third kappa shape index (κ3) is 2.69. The zero-order valence-electron chi connectivity index (χ0n) is 9.98. The first-order valence-corrected chi connectivity index (χ1v) is 5.71. The molecule has 4 heteroatoms. The summed E-state index contributed by atoms with van der Waals surface area (Å²) in [6.07, 6.45) is -1.70. The first-order chi connectivity index (χ1) is 9.11. The largest absolute Gasteiger partial charge is 0.479 e. The third-order valence-electron chi connectivity index (χ3n) is 2.77. The molecule has 0 aliphatic rings. The van der Waals surface area contributed by atoms with Crippen LogP contribution < -0.4 is 0 Å². The van der Waals surface area contributed by atoms with E-state index >= 15 is 0 Å². The van der Waals surface area contributed by atoms with Crippen molar-refractivity contribution < 1.29 is 19.8 Å². The zero-order chi connectivity index (χ0) is 13.8. The van der Waals surface area contributed by atoms with Gasteiger partial charge in [0.2, 0.25) is 0 Å². The van der Waals surface area contributed by atoms with Gasteiger partial charge in [-0.1, -0.05) is 54.6 Å². The Bertz CT molecular complexity index is 605. The van der Waals surface area contributed by atoms with E-state index in [1.54, 1.807) is 42.5 Å². The molecule has 0 amide bonds. The molecule has 0 bridgehead atoms. The van der Waals surface area contributed by atoms with E-state index in [-0.39, 0.29) is 16.9 Å². The van der Waals surface area contributed by atoms with Crippen LogP contribution in [0.25, 0.3) is 0 Å². The minimum atomic E-state index is -1.70. The summed E-state index contributed by atoms with van der Waals surface area (Å²) in [4.78, 5) is 23.1. The molecule has 0 aromatic heterocycles. The number of carboxylic acids is 1. The topological polar surface area (TPSA) is 74.6 Å². The van der Waals surface area contributed by atoms with Gasteiger partial charge >= 0.3 is 5.97 Å². The molecule has 0 fully saturated rings. The smallest absolute Gasteiger partial charge is 0.337 e. The third-order valence-corrected chi connectivity index (χ3v) is 2.77. The maximum absolute atomic E-state index is 12.3. The molecule has 0 aliphatic carbocycles. The Balaban J connectivity index is 2.46. The highest BCUT2D eigenvalue weighted by atomic mass is 16.4. The fourth-order valence-electron chi connectivity index (χ4n) is 1.82. The summed E-state index contributed by atoms with van der Waals surface area (Å²) >= 11 is 0. The number of rotatable bonds is 4. The van der Waals surface area contributed by atoms with Crippen molar-refractivity contribution in [1.29, 1.82) is 0 Å². The Morgan fingerprint density at radius 1 is 0.895 bits per heavy atom. The fraction of sp³-hybridized carbons (Fsp3) is 0.0667. The highest BCUT2D eigenvalue weighted by Crippen LogP contribution is 2.21. The first kappa shape index (κ1) is 13.0. The van der Waals surface area contributed by atoms with Crippen LogP contribution in [0.15, 0.2) is 54.6 Å². The second kappa shape index (κ2) is 5.46. The quantitative estimate of drug-likeness (QED) is 0.821. The number of hydrogen-bond acceptors (Lipinski definition) is 3. The standard InChI is InChI=1S/C15H12O4/c16-13(10-6-2-1-3-7-10)11-8-4-5-9-12(11)14(17)15(18)19/h1-9,14,17H,(H,18,19). The van der Waals surface area contributed by atoms with Gasteiger partial charge in [-0.3, -0.25) is 4.79 Å². The summed E-state index contributed by atoms with van der Waals surface area (Å²) in [5, 5.41) is 18.5. The number of aliphatic carboxylic acids is 1. The van der Waals surface area contributed by atoms with Crippen molar-refractivity contribution in [3.63, 3.8) is 0 Å². The van der Waals surface area contributed by atoms with Gasteiger partial charge in [-0.05, 0) is 0 Å². The molecule has 2 aromatic rings. The molecular formula is C15H12O4. The van der Waals surface area contributed by atoms with Gasteiger partial charge in [0.25, 0.3) is 0 Å². The Hall–Kier alpha value is -2.46. The summed E-state index contributed by atoms with van der Waals surface area (Å²) in [6.45, 7) is 0. The van der Waals surface area contributed by atoms with Crippen LogP contribution in [0.2, 0.25) is 0 Å². The lowest BCUT2D eigenvalue weighted by Gasteiger charge is -2.11. The van der Waals surface area contributed by atoms with Crippen LogP contribution in [-0.2, 0) is 4.79 Å². The first-order valence-electron chi connectivity index (χ1n) is 5.71. The van der Waals surface area contributed by atoms with E-state index in [0.717, 1.165) is 0 Å². The molecule has 2 N–H and O–H groups in total. The minimum absolute atomic E-state index is 0.101. The number of carbonyl (C=O) groups is 2. The molecule has 0 radical (unpaired) electrons. The molecule has 0 heterocycles. The molecule has 0 spiro atoms. The van der Waals surface area contributed by atoms with Crippen LogP contribution in [0, 0.1) is 0 Å². The van der Waals surface area contributed by atoms with E-state index in [0.29, 0.717) is 5.56 Å². The van der Waals surface area contributed by atoms with E-state index in [2.05, 4.69) is 0 Å². The van der Waals surface area contributed by atoms with Crippen LogP contribution in [0.1, 0.15) is 27.6 Å². The lowest BCUT2D eigenvalue weighted by atomic mass is 9.95. The Kier molecular flexibility index (Phi) is 3.73. The summed E-state index contributed by atoms with van der Waals surface area (Å²) < 4.78 is 0. The monoisotopic (exact) mass is 256 g/mol. The number of aliphatic hydroxyl groups is 1. The van der Waals surface area contributed by atoms with Gasteiger partial charge in [0.15, 0.2) is 11.9 Å². The van der Waals surface area contributed by atoms with Crippen LogP contribution in [0.5, 0.6) is 0 Å². The number of ketones is 1. The molecule has 1 atom stereocenters. The average Bonchev–Trinajstić information content (AvgIpc) is 2.46. The average molecular weight is 256 g/mol. The van der Waals surface area contributed by atoms with E-state index < -0.39 is 12.1 Å². The minimum Gasteiger partial charge on any atom is -0.479 e. The Labute approximate surface area is 109 Å². The number of hydrogen-bond donors (Lipinski definition) is 2. The SMILES string of the molecule is O=C(c1ccccc1)c1ccccc1C(O)C(=O)O. The number of carbonyl (C=O) groups excluding carboxylic acids is 1. The lowest BCUT2D eigenvalue weighted by Crippen LogP contribution is -2.15. The number of benzene rings is 2. The summed E-state index contributed by atoms with van der Waals surface area (Å²) in [5.74, 6) is -1.69. The van der Waals surface area contributed by atoms with Crippen molar-refractivity contribution in [1.82, 2.24) is 0 Å². The van der Waals surface area contributed by atoms with Crippen LogP contribution >= 0.6 is 0 Å². The molecule has 0 saturated carbocycles. The van der Waals surface area contributed by atoms with Gasteiger partial charge in [-0.25, -0.2) is 4.79 Å². The molecule has 0 aliphatic heterocycles. The highest BCUT2D eigenvalue weighted by Gasteiger charge is 2.22. The molecule has 1 unspecified atom stereocenters. The van der Waals surface area contributed by atoms with Crippen molar-refractivity contribution in [3.05, 3.63) is 71.3 Å². The van der Waals surface area contributed by atoms with E-state index in [4.69, 9.17) is 5.11 Å². The second-order valence-corrected chi connectivity index (χ2v) is 4.02. The number of aliphatic hydroxyl groups excluding tert-OH is 1. The van der Waals surface area contributed by atoms with Gasteiger partial charge in [-0.15, -0.1) is 0 Å². The Morgan fingerprint density at radius 2 is 1.47 bits per heavy atom. The molecular weight excluding hydrogens is 244 g/mol. The van der Waals surface area contributed by atoms with E-state index in [1.165, 1.54) is 12.1 Å². The normalized spacial score (nSPS) is 11.8. The van der Waals surface area contributed by atoms with Gasteiger partial charge in [0.05, 0.1) is 0 Å². The van der Waals surface area contributed by atoms with Gasteiger partial charge in [0, 0.05) is 16.7 Å². The van der Waals surface area contributed by atoms with Gasteiger partial charge in [0.1, 0.15) is 0 Å². The van der Waals surface area contributed by atoms with E-state index in [9.17, 15) is 14.7 Å². The van der Waals surface area contributed by atoms with Crippen molar-refractivity contribution >= 4 is 11.8 Å². The fourth-order valence-corrected chi connectivity index (χ4v) is 1.82. The summed E-state index contributed by atoms with van der Waals surface area (Å²) in [7, 11) is 0. The highest BCUT2D eigenvalue weighted by molar-refractivity contribution is 6.10. The van der Waals surface area contributed by atoms with Crippen LogP contribution in [0.4, 0.5) is 0 Å². The summed E-state index contributed by atoms with van der Waals surface area (Å²) in [6, 6.07) is 14.7. The van der Waals surface area contributed by atoms with Crippen molar-refractivity contribution in [2.75, 3.05) is 0 Å². The predicted molar refractivity (Wildman–Crippen MR) is 68.9 cm³/mol. The molecule has 96 valence electrons. The maximum Gasteiger partial charge on any atom is 0.337 e. The zero-order valence-corrected chi connectivity index (χ0v) is 9.98. The molecule has 2 rings (SSSR count). The van der Waals surface area contributed by atoms with Crippen LogP contribution in [0.3, 0.4) is 0 Å². The van der Waals surface area contributed by atoms with Crippen molar-refractivity contribution in [3.8, 4) is 0 Å². The molecule has 2 aromatic carbocycles. The molecule has 4 nitrogen and oxygen atoms in total. The van der Waals surface area contributed by atoms with Gasteiger partial charge < -0.3 is 10.2 Å². The van der Waals surface area contributed by atoms with Crippen molar-refractivity contribution in [2.45, 2.75) is 6.10 Å². The van der Waals surface area contributed by atoms with Crippen molar-refractivity contribution in [2.24, 2.45) is 0 Å². The van der Waals surface area contributed by atoms with Crippen LogP contribution in [-0.4, -0.2) is 22.0 Å². The second-order valence-electron chi connectivity index (χ2n) is 4.02. The van der Waals surface area contributed by atoms with E-state index in [1.807, 2.05) is 0 Å². The summed E-state index contributed by atoms with van der Waals surface area (Å²) in [5.41, 5.74) is 0.750. The molecule has 0 saturated heterocycles. The number of carboxylic acid groups (broad SMARTS) is 1. The Morgan fingerprint density at radius 3 is 2.11 bits per heavy atom.